The molecule has 0 aliphatic heterocycles. The molecular weight excluding hydrogens is 266 g/mol. The zero-order valence-corrected chi connectivity index (χ0v) is 14.4. The van der Waals surface area contributed by atoms with Crippen molar-refractivity contribution in [2.75, 3.05) is 6.54 Å². The van der Waals surface area contributed by atoms with Crippen molar-refractivity contribution in [3.8, 4) is 0 Å². The van der Waals surface area contributed by atoms with Gasteiger partial charge in [-0.05, 0) is 42.8 Å². The van der Waals surface area contributed by atoms with Gasteiger partial charge in [-0.2, -0.15) is 0 Å². The summed E-state index contributed by atoms with van der Waals surface area (Å²) in [5.74, 6) is 1.64. The van der Waals surface area contributed by atoms with Gasteiger partial charge in [0.05, 0.1) is 10.6 Å². The fourth-order valence-corrected chi connectivity index (χ4v) is 4.27. The normalized spacial score (nSPS) is 25.6. The SMILES string of the molecule is CCNC(c1snnc1C(C)(C)C)C1CCC(C)CC1. The Labute approximate surface area is 127 Å². The number of rotatable bonds is 4. The van der Waals surface area contributed by atoms with Crippen molar-refractivity contribution in [1.82, 2.24) is 14.9 Å². The molecule has 1 aromatic heterocycles. The fourth-order valence-electron chi connectivity index (χ4n) is 3.23. The monoisotopic (exact) mass is 295 g/mol. The van der Waals surface area contributed by atoms with Crippen LogP contribution in [0.1, 0.15) is 76.9 Å². The predicted molar refractivity (Wildman–Crippen MR) is 86.1 cm³/mol. The Hall–Kier alpha value is -0.480. The Morgan fingerprint density at radius 1 is 1.25 bits per heavy atom. The second-order valence-corrected chi connectivity index (χ2v) is 8.08. The Morgan fingerprint density at radius 2 is 1.90 bits per heavy atom. The average molecular weight is 295 g/mol. The molecule has 1 atom stereocenters. The molecule has 1 aromatic rings. The van der Waals surface area contributed by atoms with Gasteiger partial charge < -0.3 is 5.32 Å². The summed E-state index contributed by atoms with van der Waals surface area (Å²) in [5.41, 5.74) is 1.27. The number of hydrogen-bond acceptors (Lipinski definition) is 4. The molecule has 0 radical (unpaired) electrons. The Balaban J connectivity index is 2.23. The van der Waals surface area contributed by atoms with Crippen LogP contribution >= 0.6 is 11.5 Å². The molecule has 1 saturated carbocycles. The Bertz CT molecular complexity index is 414. The van der Waals surface area contributed by atoms with E-state index in [4.69, 9.17) is 0 Å². The van der Waals surface area contributed by atoms with Crippen LogP contribution in [0.25, 0.3) is 0 Å². The van der Waals surface area contributed by atoms with Crippen LogP contribution in [0.2, 0.25) is 0 Å². The van der Waals surface area contributed by atoms with Gasteiger partial charge in [0.25, 0.3) is 0 Å². The standard InChI is InChI=1S/C16H29N3S/c1-6-17-13(12-9-7-11(2)8-10-12)14-15(16(3,4)5)18-19-20-14/h11-13,17H,6-10H2,1-5H3. The molecule has 1 aliphatic carbocycles. The minimum atomic E-state index is 0.0813. The first kappa shape index (κ1) is 15.9. The lowest BCUT2D eigenvalue weighted by Crippen LogP contribution is -2.32. The van der Waals surface area contributed by atoms with Gasteiger partial charge in [0, 0.05) is 11.5 Å². The maximum absolute atomic E-state index is 4.43. The van der Waals surface area contributed by atoms with Crippen LogP contribution in [0.3, 0.4) is 0 Å². The first-order valence-electron chi connectivity index (χ1n) is 7.99. The minimum absolute atomic E-state index is 0.0813. The van der Waals surface area contributed by atoms with E-state index in [9.17, 15) is 0 Å². The lowest BCUT2D eigenvalue weighted by atomic mass is 9.77. The maximum atomic E-state index is 4.43. The van der Waals surface area contributed by atoms with Crippen molar-refractivity contribution >= 4 is 11.5 Å². The van der Waals surface area contributed by atoms with Gasteiger partial charge >= 0.3 is 0 Å². The van der Waals surface area contributed by atoms with E-state index in [1.165, 1.54) is 36.3 Å². The third-order valence-electron chi connectivity index (χ3n) is 4.46. The van der Waals surface area contributed by atoms with Gasteiger partial charge in [-0.25, -0.2) is 0 Å². The largest absolute Gasteiger partial charge is 0.309 e. The second-order valence-electron chi connectivity index (χ2n) is 7.29. The molecule has 4 heteroatoms. The van der Waals surface area contributed by atoms with Gasteiger partial charge in [-0.1, -0.05) is 51.9 Å². The molecule has 0 bridgehead atoms. The summed E-state index contributed by atoms with van der Waals surface area (Å²) in [7, 11) is 0. The zero-order chi connectivity index (χ0) is 14.8. The zero-order valence-electron chi connectivity index (χ0n) is 13.6. The molecule has 0 aromatic carbocycles. The van der Waals surface area contributed by atoms with Crippen molar-refractivity contribution in [3.05, 3.63) is 10.6 Å². The van der Waals surface area contributed by atoms with Gasteiger partial charge in [-0.3, -0.25) is 0 Å². The van der Waals surface area contributed by atoms with E-state index in [-0.39, 0.29) is 5.41 Å². The van der Waals surface area contributed by atoms with E-state index in [1.54, 1.807) is 11.5 Å². The number of aromatic nitrogens is 2. The van der Waals surface area contributed by atoms with Gasteiger partial charge in [-0.15, -0.1) is 5.10 Å². The van der Waals surface area contributed by atoms with Crippen LogP contribution in [0, 0.1) is 11.8 Å². The van der Waals surface area contributed by atoms with Gasteiger partial charge in [0.2, 0.25) is 0 Å². The smallest absolute Gasteiger partial charge is 0.0857 e. The van der Waals surface area contributed by atoms with Crippen LogP contribution in [0.15, 0.2) is 0 Å². The molecule has 0 spiro atoms. The fraction of sp³-hybridized carbons (Fsp3) is 0.875. The predicted octanol–water partition coefficient (Wildman–Crippen LogP) is 4.31. The summed E-state index contributed by atoms with van der Waals surface area (Å²) in [6, 6.07) is 0.446. The van der Waals surface area contributed by atoms with Crippen LogP contribution in [-0.4, -0.2) is 16.1 Å². The van der Waals surface area contributed by atoms with Crippen LogP contribution < -0.4 is 5.32 Å². The third kappa shape index (κ3) is 3.59. The molecule has 0 amide bonds. The highest BCUT2D eigenvalue weighted by atomic mass is 32.1. The lowest BCUT2D eigenvalue weighted by Gasteiger charge is -2.33. The lowest BCUT2D eigenvalue weighted by molar-refractivity contribution is 0.233. The van der Waals surface area contributed by atoms with Crippen LogP contribution in [-0.2, 0) is 5.41 Å². The van der Waals surface area contributed by atoms with Gasteiger partial charge in [0.15, 0.2) is 0 Å². The Morgan fingerprint density at radius 3 is 2.45 bits per heavy atom. The minimum Gasteiger partial charge on any atom is -0.309 e. The highest BCUT2D eigenvalue weighted by molar-refractivity contribution is 7.05. The molecule has 1 unspecified atom stereocenters. The molecule has 1 fully saturated rings. The van der Waals surface area contributed by atoms with E-state index in [2.05, 4.69) is 49.5 Å². The highest BCUT2D eigenvalue weighted by Gasteiger charge is 2.33. The van der Waals surface area contributed by atoms with E-state index >= 15 is 0 Å². The molecule has 2 rings (SSSR count). The van der Waals surface area contributed by atoms with E-state index in [1.807, 2.05) is 0 Å². The molecule has 20 heavy (non-hydrogen) atoms. The summed E-state index contributed by atoms with van der Waals surface area (Å²) < 4.78 is 4.25. The second kappa shape index (κ2) is 6.52. The summed E-state index contributed by atoms with van der Waals surface area (Å²) in [4.78, 5) is 1.37. The summed E-state index contributed by atoms with van der Waals surface area (Å²) >= 11 is 1.60. The first-order valence-corrected chi connectivity index (χ1v) is 8.77. The third-order valence-corrected chi connectivity index (χ3v) is 5.27. The number of nitrogens with zero attached hydrogens (tertiary/aromatic N) is 2. The summed E-state index contributed by atoms with van der Waals surface area (Å²) in [5, 5.41) is 8.14. The molecule has 114 valence electrons. The van der Waals surface area contributed by atoms with Crippen molar-refractivity contribution < 1.29 is 0 Å². The number of hydrogen-bond donors (Lipinski definition) is 1. The average Bonchev–Trinajstić information content (AvgIpc) is 2.86. The Kier molecular flexibility index (Phi) is 5.19. The molecular formula is C16H29N3S. The van der Waals surface area contributed by atoms with Crippen LogP contribution in [0.5, 0.6) is 0 Å². The van der Waals surface area contributed by atoms with Crippen molar-refractivity contribution in [2.45, 2.75) is 71.8 Å². The molecule has 1 aliphatic rings. The maximum Gasteiger partial charge on any atom is 0.0857 e. The molecule has 1 N–H and O–H groups in total. The van der Waals surface area contributed by atoms with Gasteiger partial charge in [0.1, 0.15) is 0 Å². The molecule has 1 heterocycles. The van der Waals surface area contributed by atoms with Crippen LogP contribution in [0.4, 0.5) is 0 Å². The first-order chi connectivity index (χ1) is 9.43. The van der Waals surface area contributed by atoms with E-state index < -0.39 is 0 Å². The molecule has 0 saturated heterocycles. The molecule has 3 nitrogen and oxygen atoms in total. The van der Waals surface area contributed by atoms with E-state index in [0.29, 0.717) is 6.04 Å². The number of nitrogens with one attached hydrogen (secondary N) is 1. The highest BCUT2D eigenvalue weighted by Crippen LogP contribution is 2.40. The topological polar surface area (TPSA) is 37.8 Å². The van der Waals surface area contributed by atoms with E-state index in [0.717, 1.165) is 18.4 Å². The van der Waals surface area contributed by atoms with Crippen molar-refractivity contribution in [1.29, 1.82) is 0 Å². The summed E-state index contributed by atoms with van der Waals surface area (Å²) in [6.07, 6.45) is 5.40. The quantitative estimate of drug-likeness (QED) is 0.899. The van der Waals surface area contributed by atoms with Crippen molar-refractivity contribution in [2.24, 2.45) is 11.8 Å². The summed E-state index contributed by atoms with van der Waals surface area (Å²) in [6.45, 7) is 12.3. The van der Waals surface area contributed by atoms with Crippen molar-refractivity contribution in [3.63, 3.8) is 0 Å².